The van der Waals surface area contributed by atoms with Gasteiger partial charge in [0.1, 0.15) is 0 Å². The van der Waals surface area contributed by atoms with Gasteiger partial charge in [0.05, 0.1) is 12.7 Å². The Bertz CT molecular complexity index is 513. The van der Waals surface area contributed by atoms with Crippen LogP contribution >= 0.6 is 0 Å². The highest BCUT2D eigenvalue weighted by Crippen LogP contribution is 2.08. The Hall–Kier alpha value is -2.37. The molecule has 0 saturated heterocycles. The molecule has 21 heavy (non-hydrogen) atoms. The molecule has 0 saturated carbocycles. The van der Waals surface area contributed by atoms with Gasteiger partial charge >= 0.3 is 11.9 Å². The van der Waals surface area contributed by atoms with E-state index in [0.29, 0.717) is 18.5 Å². The molecule has 0 heterocycles. The van der Waals surface area contributed by atoms with Crippen molar-refractivity contribution in [2.45, 2.75) is 19.8 Å². The van der Waals surface area contributed by atoms with Crippen LogP contribution in [-0.4, -0.2) is 38.1 Å². The van der Waals surface area contributed by atoms with Crippen LogP contribution < -0.4 is 5.32 Å². The molecule has 1 amide bonds. The number of carbonyl (C=O) groups excluding carboxylic acids is 3. The summed E-state index contributed by atoms with van der Waals surface area (Å²) >= 11 is 0. The zero-order valence-electron chi connectivity index (χ0n) is 12.2. The van der Waals surface area contributed by atoms with Crippen LogP contribution in [0.2, 0.25) is 0 Å². The lowest BCUT2D eigenvalue weighted by Gasteiger charge is -2.07. The van der Waals surface area contributed by atoms with Gasteiger partial charge in [-0.1, -0.05) is 18.2 Å². The third-order valence-corrected chi connectivity index (χ3v) is 2.81. The number of amides is 1. The smallest absolute Gasteiger partial charge is 0.338 e. The first-order valence-corrected chi connectivity index (χ1v) is 6.61. The van der Waals surface area contributed by atoms with Crippen molar-refractivity contribution in [3.8, 4) is 0 Å². The monoisotopic (exact) mass is 293 g/mol. The highest BCUT2D eigenvalue weighted by Gasteiger charge is 2.11. The molecule has 0 radical (unpaired) electrons. The Morgan fingerprint density at radius 1 is 1.19 bits per heavy atom. The molecule has 1 rings (SSSR count). The Morgan fingerprint density at radius 3 is 2.57 bits per heavy atom. The number of esters is 2. The summed E-state index contributed by atoms with van der Waals surface area (Å²) in [5.41, 5.74) is 1.23. The molecule has 114 valence electrons. The van der Waals surface area contributed by atoms with Crippen LogP contribution in [0.4, 0.5) is 0 Å². The molecule has 0 aromatic heterocycles. The molecule has 1 aromatic rings. The van der Waals surface area contributed by atoms with E-state index in [2.05, 4.69) is 10.1 Å². The number of hydrogen-bond donors (Lipinski definition) is 1. The lowest BCUT2D eigenvalue weighted by molar-refractivity contribution is -0.140. The number of benzene rings is 1. The molecule has 1 N–H and O–H groups in total. The van der Waals surface area contributed by atoms with Crippen molar-refractivity contribution in [3.05, 3.63) is 35.4 Å². The minimum absolute atomic E-state index is 0.236. The Balaban J connectivity index is 2.26. The maximum atomic E-state index is 11.8. The van der Waals surface area contributed by atoms with E-state index < -0.39 is 11.9 Å². The summed E-state index contributed by atoms with van der Waals surface area (Å²) in [5.74, 6) is -1.25. The zero-order valence-corrected chi connectivity index (χ0v) is 12.2. The molecule has 6 heteroatoms. The van der Waals surface area contributed by atoms with Crippen molar-refractivity contribution in [1.82, 2.24) is 5.32 Å². The second kappa shape index (κ2) is 8.73. The Labute approximate surface area is 123 Å². The first-order valence-electron chi connectivity index (χ1n) is 6.61. The van der Waals surface area contributed by atoms with Gasteiger partial charge in [0.25, 0.3) is 5.91 Å². The molecule has 0 aliphatic rings. The van der Waals surface area contributed by atoms with Crippen LogP contribution in [0.25, 0.3) is 0 Å². The predicted octanol–water partition coefficient (Wildman–Crippen LogP) is 1.22. The van der Waals surface area contributed by atoms with Crippen molar-refractivity contribution in [2.24, 2.45) is 0 Å². The van der Waals surface area contributed by atoms with Crippen molar-refractivity contribution in [1.29, 1.82) is 0 Å². The number of methoxy groups -OCH3 is 1. The first-order chi connectivity index (χ1) is 10.0. The normalized spacial score (nSPS) is 9.81. The van der Waals surface area contributed by atoms with Gasteiger partial charge in [-0.05, 0) is 25.0 Å². The Morgan fingerprint density at radius 2 is 1.90 bits per heavy atom. The SMILES string of the molecule is COC(=O)CCCNC(=O)COC(=O)c1ccccc1C. The summed E-state index contributed by atoms with van der Waals surface area (Å²) < 4.78 is 9.40. The van der Waals surface area contributed by atoms with Crippen LogP contribution in [0.1, 0.15) is 28.8 Å². The summed E-state index contributed by atoms with van der Waals surface area (Å²) in [6, 6.07) is 6.99. The summed E-state index contributed by atoms with van der Waals surface area (Å²) in [5, 5.41) is 2.56. The van der Waals surface area contributed by atoms with Crippen LogP contribution in [-0.2, 0) is 19.1 Å². The van der Waals surface area contributed by atoms with Gasteiger partial charge in [-0.25, -0.2) is 4.79 Å². The predicted molar refractivity (Wildman–Crippen MR) is 75.7 cm³/mol. The summed E-state index contributed by atoms with van der Waals surface area (Å²) in [4.78, 5) is 34.1. The minimum atomic E-state index is -0.530. The molecule has 1 aromatic carbocycles. The van der Waals surface area contributed by atoms with E-state index in [1.54, 1.807) is 25.1 Å². The lowest BCUT2D eigenvalue weighted by atomic mass is 10.1. The molecule has 0 unspecified atom stereocenters. The fourth-order valence-electron chi connectivity index (χ4n) is 1.62. The van der Waals surface area contributed by atoms with Crippen molar-refractivity contribution in [3.63, 3.8) is 0 Å². The van der Waals surface area contributed by atoms with E-state index in [0.717, 1.165) is 5.56 Å². The van der Waals surface area contributed by atoms with E-state index in [1.807, 2.05) is 6.07 Å². The second-order valence-electron chi connectivity index (χ2n) is 4.42. The van der Waals surface area contributed by atoms with Crippen LogP contribution in [0.15, 0.2) is 24.3 Å². The van der Waals surface area contributed by atoms with Crippen molar-refractivity contribution < 1.29 is 23.9 Å². The molecule has 0 spiro atoms. The highest BCUT2D eigenvalue weighted by molar-refractivity contribution is 5.92. The first kappa shape index (κ1) is 16.7. The summed E-state index contributed by atoms with van der Waals surface area (Å²) in [6.07, 6.45) is 0.712. The molecule has 0 bridgehead atoms. The van der Waals surface area contributed by atoms with Crippen molar-refractivity contribution in [2.75, 3.05) is 20.3 Å². The highest BCUT2D eigenvalue weighted by atomic mass is 16.5. The molecule has 6 nitrogen and oxygen atoms in total. The van der Waals surface area contributed by atoms with E-state index in [1.165, 1.54) is 7.11 Å². The molecular formula is C15H19NO5. The van der Waals surface area contributed by atoms with Crippen LogP contribution in [0.5, 0.6) is 0 Å². The lowest BCUT2D eigenvalue weighted by Crippen LogP contribution is -2.30. The number of ether oxygens (including phenoxy) is 2. The van der Waals surface area contributed by atoms with E-state index in [-0.39, 0.29) is 19.0 Å². The van der Waals surface area contributed by atoms with Crippen LogP contribution in [0.3, 0.4) is 0 Å². The maximum absolute atomic E-state index is 11.8. The summed E-state index contributed by atoms with van der Waals surface area (Å²) in [6.45, 7) is 1.78. The van der Waals surface area contributed by atoms with Crippen molar-refractivity contribution >= 4 is 17.8 Å². The van der Waals surface area contributed by atoms with E-state index in [9.17, 15) is 14.4 Å². The van der Waals surface area contributed by atoms with Gasteiger partial charge in [-0.15, -0.1) is 0 Å². The minimum Gasteiger partial charge on any atom is -0.469 e. The van der Waals surface area contributed by atoms with E-state index in [4.69, 9.17) is 4.74 Å². The number of rotatable bonds is 7. The van der Waals surface area contributed by atoms with Gasteiger partial charge in [0.2, 0.25) is 0 Å². The second-order valence-corrected chi connectivity index (χ2v) is 4.42. The fraction of sp³-hybridized carbons (Fsp3) is 0.400. The molecule has 0 aliphatic carbocycles. The van der Waals surface area contributed by atoms with E-state index >= 15 is 0 Å². The molecule has 0 fully saturated rings. The summed E-state index contributed by atoms with van der Waals surface area (Å²) in [7, 11) is 1.31. The van der Waals surface area contributed by atoms with Gasteiger partial charge in [0.15, 0.2) is 6.61 Å². The van der Waals surface area contributed by atoms with Crippen LogP contribution in [0, 0.1) is 6.92 Å². The average molecular weight is 293 g/mol. The zero-order chi connectivity index (χ0) is 15.7. The number of nitrogens with one attached hydrogen (secondary N) is 1. The fourth-order valence-corrected chi connectivity index (χ4v) is 1.62. The number of carbonyl (C=O) groups is 3. The molecule has 0 atom stereocenters. The average Bonchev–Trinajstić information content (AvgIpc) is 2.49. The molecular weight excluding hydrogens is 274 g/mol. The van der Waals surface area contributed by atoms with Gasteiger partial charge in [-0.3, -0.25) is 9.59 Å². The number of hydrogen-bond acceptors (Lipinski definition) is 5. The van der Waals surface area contributed by atoms with Gasteiger partial charge < -0.3 is 14.8 Å². The van der Waals surface area contributed by atoms with Gasteiger partial charge in [0, 0.05) is 13.0 Å². The largest absolute Gasteiger partial charge is 0.469 e. The topological polar surface area (TPSA) is 81.7 Å². The maximum Gasteiger partial charge on any atom is 0.338 e. The van der Waals surface area contributed by atoms with Gasteiger partial charge in [-0.2, -0.15) is 0 Å². The number of aryl methyl sites for hydroxylation is 1. The molecule has 0 aliphatic heterocycles. The quantitative estimate of drug-likeness (QED) is 0.604. The Kier molecular flexibility index (Phi) is 6.94. The standard InChI is InChI=1S/C15H19NO5/c1-11-6-3-4-7-12(11)15(19)21-10-13(17)16-9-5-8-14(18)20-2/h3-4,6-7H,5,8-10H2,1-2H3,(H,16,17). The third kappa shape index (κ3) is 6.07. The third-order valence-electron chi connectivity index (χ3n) is 2.81.